The van der Waals surface area contributed by atoms with Crippen LogP contribution in [-0.4, -0.2) is 83.7 Å². The first-order valence-electron chi connectivity index (χ1n) is 9.37. The third-order valence-corrected chi connectivity index (χ3v) is 6.40. The van der Waals surface area contributed by atoms with Gasteiger partial charge < -0.3 is 14.7 Å². The van der Waals surface area contributed by atoms with Crippen LogP contribution in [-0.2, 0) is 10.5 Å². The molecule has 0 saturated carbocycles. The number of hydrogen-bond acceptors (Lipinski definition) is 5. The quantitative estimate of drug-likeness (QED) is 0.805. The molecule has 6 nitrogen and oxygen atoms in total. The lowest BCUT2D eigenvalue weighted by Crippen LogP contribution is -2.58. The zero-order valence-electron chi connectivity index (χ0n) is 14.4. The van der Waals surface area contributed by atoms with Crippen molar-refractivity contribution in [1.29, 1.82) is 0 Å². The van der Waals surface area contributed by atoms with Crippen molar-refractivity contribution in [2.24, 2.45) is 0 Å². The van der Waals surface area contributed by atoms with Gasteiger partial charge in [0.05, 0.1) is 6.61 Å². The molecule has 1 spiro atoms. The highest BCUT2D eigenvalue weighted by Gasteiger charge is 2.60. The Kier molecular flexibility index (Phi) is 3.64. The molecule has 1 aromatic carbocycles. The number of rotatable bonds is 4. The van der Waals surface area contributed by atoms with Crippen LogP contribution in [0.2, 0.25) is 0 Å². The monoisotopic (exact) mass is 343 g/mol. The number of ether oxygens (including phenoxy) is 1. The van der Waals surface area contributed by atoms with E-state index in [1.54, 1.807) is 0 Å². The van der Waals surface area contributed by atoms with Crippen molar-refractivity contribution in [3.05, 3.63) is 35.4 Å². The van der Waals surface area contributed by atoms with Gasteiger partial charge in [-0.3, -0.25) is 14.6 Å². The SMILES string of the molecule is O=C1c2ccccc2C2(CO2)N1CCN1C[C@H]2CCCN2C[C@H]1CO. The Morgan fingerprint density at radius 3 is 2.88 bits per heavy atom. The molecule has 1 amide bonds. The second-order valence-corrected chi connectivity index (χ2v) is 7.70. The molecule has 3 saturated heterocycles. The van der Waals surface area contributed by atoms with Crippen molar-refractivity contribution in [2.75, 3.05) is 45.9 Å². The Morgan fingerprint density at radius 1 is 1.24 bits per heavy atom. The van der Waals surface area contributed by atoms with Crippen LogP contribution >= 0.6 is 0 Å². The molecule has 6 heteroatoms. The molecule has 1 aromatic rings. The summed E-state index contributed by atoms with van der Waals surface area (Å²) in [5.74, 6) is 0.0770. The summed E-state index contributed by atoms with van der Waals surface area (Å²) < 4.78 is 5.76. The van der Waals surface area contributed by atoms with E-state index in [1.807, 2.05) is 29.2 Å². The second kappa shape index (κ2) is 5.77. The number of piperazine rings is 1. The van der Waals surface area contributed by atoms with Crippen molar-refractivity contribution in [2.45, 2.75) is 30.7 Å². The summed E-state index contributed by atoms with van der Waals surface area (Å²) in [4.78, 5) is 19.6. The number of nitrogens with zero attached hydrogens (tertiary/aromatic N) is 3. The van der Waals surface area contributed by atoms with Gasteiger partial charge in [0, 0.05) is 49.4 Å². The molecule has 134 valence electrons. The molecule has 4 aliphatic rings. The first kappa shape index (κ1) is 15.8. The van der Waals surface area contributed by atoms with Gasteiger partial charge in [-0.05, 0) is 25.5 Å². The number of carbonyl (C=O) groups is 1. The van der Waals surface area contributed by atoms with E-state index in [0.29, 0.717) is 19.2 Å². The van der Waals surface area contributed by atoms with Crippen LogP contribution in [0.3, 0.4) is 0 Å². The van der Waals surface area contributed by atoms with Crippen molar-refractivity contribution in [3.63, 3.8) is 0 Å². The fourth-order valence-corrected chi connectivity index (χ4v) is 4.95. The third-order valence-electron chi connectivity index (χ3n) is 6.40. The van der Waals surface area contributed by atoms with Gasteiger partial charge >= 0.3 is 0 Å². The van der Waals surface area contributed by atoms with Gasteiger partial charge in [-0.2, -0.15) is 0 Å². The number of aliphatic hydroxyl groups excluding tert-OH is 1. The summed E-state index contributed by atoms with van der Waals surface area (Å²) in [6, 6.07) is 8.58. The van der Waals surface area contributed by atoms with Gasteiger partial charge in [0.1, 0.15) is 6.61 Å². The van der Waals surface area contributed by atoms with E-state index in [4.69, 9.17) is 4.74 Å². The average Bonchev–Trinajstić information content (AvgIpc) is 3.24. The molecule has 3 atom stereocenters. The Morgan fingerprint density at radius 2 is 2.08 bits per heavy atom. The molecular weight excluding hydrogens is 318 g/mol. The van der Waals surface area contributed by atoms with E-state index < -0.39 is 5.72 Å². The van der Waals surface area contributed by atoms with Crippen molar-refractivity contribution >= 4 is 5.91 Å². The number of aliphatic hydroxyl groups is 1. The predicted octanol–water partition coefficient (Wildman–Crippen LogP) is 0.466. The van der Waals surface area contributed by atoms with Gasteiger partial charge in [-0.1, -0.05) is 18.2 Å². The highest BCUT2D eigenvalue weighted by molar-refractivity contribution is 6.00. The van der Waals surface area contributed by atoms with Gasteiger partial charge in [0.25, 0.3) is 5.91 Å². The van der Waals surface area contributed by atoms with Gasteiger partial charge in [-0.25, -0.2) is 0 Å². The highest BCUT2D eigenvalue weighted by Crippen LogP contribution is 2.49. The summed E-state index contributed by atoms with van der Waals surface area (Å²) >= 11 is 0. The lowest BCUT2D eigenvalue weighted by molar-refractivity contribution is 0.00769. The first-order valence-corrected chi connectivity index (χ1v) is 9.37. The number of hydrogen-bond donors (Lipinski definition) is 1. The van der Waals surface area contributed by atoms with Crippen LogP contribution in [0.1, 0.15) is 28.8 Å². The van der Waals surface area contributed by atoms with E-state index in [1.165, 1.54) is 12.8 Å². The molecule has 0 radical (unpaired) electrons. The Labute approximate surface area is 148 Å². The first-order chi connectivity index (χ1) is 12.2. The summed E-state index contributed by atoms with van der Waals surface area (Å²) in [6.07, 6.45) is 2.50. The predicted molar refractivity (Wildman–Crippen MR) is 92.2 cm³/mol. The summed E-state index contributed by atoms with van der Waals surface area (Å²) in [5.41, 5.74) is 1.27. The Bertz CT molecular complexity index is 690. The average molecular weight is 343 g/mol. The number of amides is 1. The molecule has 25 heavy (non-hydrogen) atoms. The van der Waals surface area contributed by atoms with Crippen LogP contribution in [0.4, 0.5) is 0 Å². The molecular formula is C19H25N3O3. The third kappa shape index (κ3) is 2.35. The highest BCUT2D eigenvalue weighted by atomic mass is 16.6. The summed E-state index contributed by atoms with van der Waals surface area (Å²) in [6.45, 7) is 5.31. The van der Waals surface area contributed by atoms with Crippen LogP contribution in [0.25, 0.3) is 0 Å². The fourth-order valence-electron chi connectivity index (χ4n) is 4.95. The van der Waals surface area contributed by atoms with Crippen molar-refractivity contribution in [1.82, 2.24) is 14.7 Å². The molecule has 5 rings (SSSR count). The minimum absolute atomic E-state index is 0.0770. The maximum absolute atomic E-state index is 12.8. The number of fused-ring (bicyclic) bond motifs is 3. The molecule has 0 bridgehead atoms. The van der Waals surface area contributed by atoms with Gasteiger partial charge in [0.15, 0.2) is 5.72 Å². The number of benzene rings is 1. The van der Waals surface area contributed by atoms with Crippen LogP contribution in [0.5, 0.6) is 0 Å². The lowest BCUT2D eigenvalue weighted by Gasteiger charge is -2.43. The van der Waals surface area contributed by atoms with E-state index in [2.05, 4.69) is 9.80 Å². The van der Waals surface area contributed by atoms with Gasteiger partial charge in [-0.15, -0.1) is 0 Å². The number of carbonyl (C=O) groups excluding carboxylic acids is 1. The molecule has 4 aliphatic heterocycles. The number of epoxide rings is 1. The van der Waals surface area contributed by atoms with Crippen molar-refractivity contribution < 1.29 is 14.6 Å². The topological polar surface area (TPSA) is 59.6 Å². The minimum Gasteiger partial charge on any atom is -0.395 e. The van der Waals surface area contributed by atoms with E-state index in [9.17, 15) is 9.90 Å². The largest absolute Gasteiger partial charge is 0.395 e. The van der Waals surface area contributed by atoms with Crippen LogP contribution in [0, 0.1) is 0 Å². The maximum Gasteiger partial charge on any atom is 0.256 e. The molecule has 1 N–H and O–H groups in total. The van der Waals surface area contributed by atoms with Crippen molar-refractivity contribution in [3.8, 4) is 0 Å². The summed E-state index contributed by atoms with van der Waals surface area (Å²) in [7, 11) is 0. The zero-order chi connectivity index (χ0) is 17.0. The molecule has 0 aliphatic carbocycles. The second-order valence-electron chi connectivity index (χ2n) is 7.70. The molecule has 0 aromatic heterocycles. The smallest absolute Gasteiger partial charge is 0.256 e. The lowest BCUT2D eigenvalue weighted by atomic mass is 10.1. The maximum atomic E-state index is 12.8. The standard InChI is InChI=1S/C19H25N3O3/c23-12-15-11-20-7-3-4-14(20)10-21(15)8-9-22-18(24)16-5-1-2-6-17(16)19(22)13-25-19/h1-2,5-6,14-15,23H,3-4,7-13H2/t14-,15+,19?/m1/s1. The minimum atomic E-state index is -0.516. The Balaban J connectivity index is 1.31. The molecule has 4 heterocycles. The zero-order valence-corrected chi connectivity index (χ0v) is 14.4. The molecule has 3 fully saturated rings. The fraction of sp³-hybridized carbons (Fsp3) is 0.632. The van der Waals surface area contributed by atoms with Crippen LogP contribution in [0.15, 0.2) is 24.3 Å². The Hall–Kier alpha value is -1.47. The normalized spacial score (nSPS) is 34.6. The van der Waals surface area contributed by atoms with E-state index >= 15 is 0 Å². The van der Waals surface area contributed by atoms with Crippen LogP contribution < -0.4 is 0 Å². The van der Waals surface area contributed by atoms with E-state index in [-0.39, 0.29) is 18.6 Å². The molecule has 1 unspecified atom stereocenters. The van der Waals surface area contributed by atoms with E-state index in [0.717, 1.165) is 37.3 Å². The summed E-state index contributed by atoms with van der Waals surface area (Å²) in [5, 5.41) is 9.81. The van der Waals surface area contributed by atoms with Gasteiger partial charge in [0.2, 0.25) is 0 Å².